The van der Waals surface area contributed by atoms with Crippen molar-refractivity contribution >= 4 is 12.0 Å². The highest BCUT2D eigenvalue weighted by atomic mass is 16.6. The van der Waals surface area contributed by atoms with E-state index >= 15 is 0 Å². The molecule has 2 amide bonds. The summed E-state index contributed by atoms with van der Waals surface area (Å²) in [6.45, 7) is 6.25. The van der Waals surface area contributed by atoms with E-state index in [0.717, 1.165) is 5.56 Å². The highest BCUT2D eigenvalue weighted by molar-refractivity contribution is 5.90. The summed E-state index contributed by atoms with van der Waals surface area (Å²) in [6.07, 6.45) is 7.40. The van der Waals surface area contributed by atoms with Crippen LogP contribution in [0, 0.1) is 0 Å². The number of nitrogens with zero attached hydrogens (tertiary/aromatic N) is 5. The van der Waals surface area contributed by atoms with Gasteiger partial charge in [-0.3, -0.25) is 9.48 Å². The monoisotopic (exact) mass is 478 g/mol. The molecule has 3 aromatic rings. The first-order valence-corrected chi connectivity index (χ1v) is 12.0. The van der Waals surface area contributed by atoms with Gasteiger partial charge in [0, 0.05) is 24.3 Å². The molecule has 1 saturated carbocycles. The Bertz CT molecular complexity index is 1190. The smallest absolute Gasteiger partial charge is 0.410 e. The molecular formula is C25H30N6O4. The van der Waals surface area contributed by atoms with Crippen molar-refractivity contribution in [3.05, 3.63) is 54.3 Å². The van der Waals surface area contributed by atoms with Gasteiger partial charge in [-0.1, -0.05) is 29.5 Å². The molecule has 2 atom stereocenters. The maximum Gasteiger partial charge on any atom is 0.410 e. The second-order valence-corrected chi connectivity index (χ2v) is 10.2. The normalized spacial score (nSPS) is 20.1. The highest BCUT2D eigenvalue weighted by Gasteiger charge is 2.39. The van der Waals surface area contributed by atoms with Crippen LogP contribution in [-0.4, -0.2) is 61.1 Å². The number of amides is 2. The summed E-state index contributed by atoms with van der Waals surface area (Å²) in [5.74, 6) is 0.737. The van der Waals surface area contributed by atoms with Gasteiger partial charge in [0.25, 0.3) is 5.89 Å². The molecule has 2 fully saturated rings. The average molecular weight is 479 g/mol. The Kier molecular flexibility index (Phi) is 6.04. The van der Waals surface area contributed by atoms with Gasteiger partial charge in [0.2, 0.25) is 0 Å². The molecule has 184 valence electrons. The molecule has 2 aromatic heterocycles. The first kappa shape index (κ1) is 23.1. The highest BCUT2D eigenvalue weighted by Crippen LogP contribution is 2.44. The van der Waals surface area contributed by atoms with Crippen molar-refractivity contribution in [3.63, 3.8) is 0 Å². The van der Waals surface area contributed by atoms with E-state index in [2.05, 4.69) is 26.7 Å². The summed E-state index contributed by atoms with van der Waals surface area (Å²) < 4.78 is 13.1. The molecule has 1 aliphatic heterocycles. The van der Waals surface area contributed by atoms with Gasteiger partial charge in [-0.15, -0.1) is 5.10 Å². The van der Waals surface area contributed by atoms with Crippen LogP contribution in [0.5, 0.6) is 0 Å². The van der Waals surface area contributed by atoms with Crippen molar-refractivity contribution in [2.75, 3.05) is 6.54 Å². The lowest BCUT2D eigenvalue weighted by Crippen LogP contribution is -2.43. The summed E-state index contributed by atoms with van der Waals surface area (Å²) in [7, 11) is 0. The predicted octanol–water partition coefficient (Wildman–Crippen LogP) is 3.62. The minimum Gasteiger partial charge on any atom is -0.444 e. The first-order chi connectivity index (χ1) is 16.8. The van der Waals surface area contributed by atoms with E-state index < -0.39 is 17.6 Å². The van der Waals surface area contributed by atoms with E-state index in [1.807, 2.05) is 39.0 Å². The molecule has 1 saturated heterocycles. The Morgan fingerprint density at radius 3 is 2.74 bits per heavy atom. The SMILES string of the molecule is CC(C)(C)OC(=O)N1CC(NC(=O)c2ncc(-c3ccccc3C3CC3)o2)CC1Cn1ccnn1. The number of hydrogen-bond donors (Lipinski definition) is 1. The standard InChI is InChI=1S/C25H30N6O4/c1-25(2,3)35-24(33)31-14-17(12-18(31)15-30-11-10-27-29-30)28-22(32)23-26-13-21(34-23)20-7-5-4-6-19(20)16-8-9-16/h4-7,10-11,13,16-18H,8-9,12,14-15H2,1-3H3,(H,28,32). The quantitative estimate of drug-likeness (QED) is 0.575. The van der Waals surface area contributed by atoms with Crippen LogP contribution in [0.2, 0.25) is 0 Å². The van der Waals surface area contributed by atoms with Crippen molar-refractivity contribution in [1.29, 1.82) is 0 Å². The summed E-state index contributed by atoms with van der Waals surface area (Å²) in [5, 5.41) is 10.8. The summed E-state index contributed by atoms with van der Waals surface area (Å²) in [5.41, 5.74) is 1.59. The molecule has 1 aliphatic carbocycles. The van der Waals surface area contributed by atoms with Crippen LogP contribution in [0.15, 0.2) is 47.3 Å². The number of carbonyl (C=O) groups is 2. The molecule has 5 rings (SSSR count). The first-order valence-electron chi connectivity index (χ1n) is 12.0. The molecule has 10 nitrogen and oxygen atoms in total. The van der Waals surface area contributed by atoms with Gasteiger partial charge in [-0.2, -0.15) is 0 Å². The van der Waals surface area contributed by atoms with Gasteiger partial charge in [-0.05, 0) is 51.5 Å². The van der Waals surface area contributed by atoms with Gasteiger partial charge in [0.15, 0.2) is 5.76 Å². The lowest BCUT2D eigenvalue weighted by Gasteiger charge is -2.28. The average Bonchev–Trinajstić information content (AvgIpc) is 3.17. The Morgan fingerprint density at radius 2 is 2.03 bits per heavy atom. The van der Waals surface area contributed by atoms with Crippen molar-refractivity contribution in [3.8, 4) is 11.3 Å². The van der Waals surface area contributed by atoms with Crippen LogP contribution >= 0.6 is 0 Å². The molecule has 0 radical (unpaired) electrons. The second-order valence-electron chi connectivity index (χ2n) is 10.2. The van der Waals surface area contributed by atoms with Gasteiger partial charge >= 0.3 is 12.0 Å². The van der Waals surface area contributed by atoms with E-state index in [0.29, 0.717) is 31.2 Å². The van der Waals surface area contributed by atoms with E-state index in [1.165, 1.54) is 18.4 Å². The molecule has 35 heavy (non-hydrogen) atoms. The Balaban J connectivity index is 1.28. The van der Waals surface area contributed by atoms with Crippen molar-refractivity contribution < 1.29 is 18.7 Å². The lowest BCUT2D eigenvalue weighted by molar-refractivity contribution is 0.0207. The Hall–Kier alpha value is -3.69. The molecule has 0 bridgehead atoms. The Labute approximate surface area is 203 Å². The van der Waals surface area contributed by atoms with Gasteiger partial charge in [0.1, 0.15) is 5.60 Å². The molecule has 0 spiro atoms. The van der Waals surface area contributed by atoms with Gasteiger partial charge in [0.05, 0.1) is 25.0 Å². The summed E-state index contributed by atoms with van der Waals surface area (Å²) in [4.78, 5) is 31.7. The summed E-state index contributed by atoms with van der Waals surface area (Å²) in [6, 6.07) is 7.60. The topological polar surface area (TPSA) is 115 Å². The number of likely N-dealkylation sites (tertiary alicyclic amines) is 1. The fourth-order valence-electron chi connectivity index (χ4n) is 4.51. The van der Waals surface area contributed by atoms with Gasteiger partial charge in [-0.25, -0.2) is 9.78 Å². The van der Waals surface area contributed by atoms with E-state index in [9.17, 15) is 9.59 Å². The van der Waals surface area contributed by atoms with Crippen LogP contribution < -0.4 is 5.32 Å². The third-order valence-electron chi connectivity index (χ3n) is 6.19. The number of ether oxygens (including phenoxy) is 1. The molecule has 1 aromatic carbocycles. The molecule has 3 heterocycles. The van der Waals surface area contributed by atoms with Crippen LogP contribution in [-0.2, 0) is 11.3 Å². The number of oxazole rings is 1. The zero-order valence-electron chi connectivity index (χ0n) is 20.2. The third kappa shape index (κ3) is 5.36. The van der Waals surface area contributed by atoms with Crippen molar-refractivity contribution in [1.82, 2.24) is 30.2 Å². The lowest BCUT2D eigenvalue weighted by atomic mass is 10.0. The van der Waals surface area contributed by atoms with Crippen LogP contribution in [0.3, 0.4) is 0 Å². The minimum absolute atomic E-state index is 0.00847. The fraction of sp³-hybridized carbons (Fsp3) is 0.480. The van der Waals surface area contributed by atoms with Crippen LogP contribution in [0.1, 0.15) is 62.2 Å². The number of hydrogen-bond acceptors (Lipinski definition) is 7. The maximum atomic E-state index is 13.0. The number of carbonyl (C=O) groups excluding carboxylic acids is 2. The fourth-order valence-corrected chi connectivity index (χ4v) is 4.51. The number of rotatable bonds is 6. The second kappa shape index (κ2) is 9.16. The zero-order valence-corrected chi connectivity index (χ0v) is 20.2. The van der Waals surface area contributed by atoms with Crippen molar-refractivity contribution in [2.24, 2.45) is 0 Å². The van der Waals surface area contributed by atoms with Crippen molar-refractivity contribution in [2.45, 2.75) is 70.2 Å². The number of benzene rings is 1. The van der Waals surface area contributed by atoms with Gasteiger partial charge < -0.3 is 19.4 Å². The number of nitrogens with one attached hydrogen (secondary N) is 1. The largest absolute Gasteiger partial charge is 0.444 e. The van der Waals surface area contributed by atoms with E-state index in [1.54, 1.807) is 28.2 Å². The molecule has 2 unspecified atom stereocenters. The maximum absolute atomic E-state index is 13.0. The third-order valence-corrected chi connectivity index (χ3v) is 6.19. The van der Waals surface area contributed by atoms with Crippen LogP contribution in [0.4, 0.5) is 4.79 Å². The zero-order chi connectivity index (χ0) is 24.6. The molecular weight excluding hydrogens is 448 g/mol. The van der Waals surface area contributed by atoms with E-state index in [4.69, 9.17) is 9.15 Å². The molecule has 10 heteroatoms. The predicted molar refractivity (Wildman–Crippen MR) is 127 cm³/mol. The minimum atomic E-state index is -0.624. The number of aromatic nitrogens is 4. The molecule has 2 aliphatic rings. The Morgan fingerprint density at radius 1 is 1.23 bits per heavy atom. The molecule has 1 N–H and O–H groups in total. The summed E-state index contributed by atoms with van der Waals surface area (Å²) >= 11 is 0. The van der Waals surface area contributed by atoms with Crippen LogP contribution in [0.25, 0.3) is 11.3 Å². The van der Waals surface area contributed by atoms with E-state index in [-0.39, 0.29) is 18.0 Å².